The number of nitrogens with two attached hydrogens (primary N) is 1. The van der Waals surface area contributed by atoms with Crippen LogP contribution in [0.1, 0.15) is 6.42 Å². The highest BCUT2D eigenvalue weighted by Gasteiger charge is 2.22. The van der Waals surface area contributed by atoms with E-state index in [1.54, 1.807) is 6.33 Å². The molecule has 66 valence electrons. The minimum absolute atomic E-state index is 0.647. The van der Waals surface area contributed by atoms with Crippen molar-refractivity contribution in [1.82, 2.24) is 9.36 Å². The van der Waals surface area contributed by atoms with Crippen molar-refractivity contribution in [3.8, 4) is 0 Å². The van der Waals surface area contributed by atoms with Gasteiger partial charge in [-0.3, -0.25) is 0 Å². The highest BCUT2D eigenvalue weighted by molar-refractivity contribution is 7.09. The number of rotatable bonds is 2. The highest BCUT2D eigenvalue weighted by atomic mass is 32.1. The van der Waals surface area contributed by atoms with Crippen LogP contribution in [0.25, 0.3) is 0 Å². The standard InChI is InChI=1S/C7H12N4S/c8-3-6-1-2-11(4-6)7-9-5-10-12-7/h5-6H,1-4,8H2. The fraction of sp³-hybridized carbons (Fsp3) is 0.714. The molecule has 0 saturated carbocycles. The first-order chi connectivity index (χ1) is 5.90. The molecule has 0 bridgehead atoms. The summed E-state index contributed by atoms with van der Waals surface area (Å²) in [4.78, 5) is 6.42. The molecule has 0 aromatic carbocycles. The number of aromatic nitrogens is 2. The second-order valence-electron chi connectivity index (χ2n) is 3.06. The van der Waals surface area contributed by atoms with E-state index < -0.39 is 0 Å². The van der Waals surface area contributed by atoms with Crippen LogP contribution in [0.2, 0.25) is 0 Å². The van der Waals surface area contributed by atoms with E-state index >= 15 is 0 Å². The van der Waals surface area contributed by atoms with Crippen LogP contribution >= 0.6 is 11.5 Å². The molecule has 0 radical (unpaired) electrons. The van der Waals surface area contributed by atoms with Gasteiger partial charge in [0.05, 0.1) is 0 Å². The fourth-order valence-corrected chi connectivity index (χ4v) is 2.07. The van der Waals surface area contributed by atoms with Crippen LogP contribution in [0.4, 0.5) is 5.13 Å². The molecule has 1 aromatic rings. The minimum Gasteiger partial charge on any atom is -0.347 e. The average Bonchev–Trinajstić information content (AvgIpc) is 2.75. The minimum atomic E-state index is 0.647. The first-order valence-electron chi connectivity index (χ1n) is 4.12. The second-order valence-corrected chi connectivity index (χ2v) is 3.82. The van der Waals surface area contributed by atoms with E-state index in [4.69, 9.17) is 5.73 Å². The normalized spacial score (nSPS) is 23.4. The molecule has 1 aromatic heterocycles. The smallest absolute Gasteiger partial charge is 0.204 e. The van der Waals surface area contributed by atoms with Gasteiger partial charge in [0.15, 0.2) is 0 Å². The van der Waals surface area contributed by atoms with Crippen LogP contribution in [0, 0.1) is 5.92 Å². The lowest BCUT2D eigenvalue weighted by Crippen LogP contribution is -2.22. The number of nitrogens with zero attached hydrogens (tertiary/aromatic N) is 3. The van der Waals surface area contributed by atoms with Crippen LogP contribution in [0.15, 0.2) is 6.33 Å². The second kappa shape index (κ2) is 3.37. The molecule has 1 atom stereocenters. The quantitative estimate of drug-likeness (QED) is 0.719. The number of hydrogen-bond donors (Lipinski definition) is 1. The van der Waals surface area contributed by atoms with Gasteiger partial charge in [-0.2, -0.15) is 4.37 Å². The van der Waals surface area contributed by atoms with E-state index in [1.165, 1.54) is 18.0 Å². The van der Waals surface area contributed by atoms with Crippen LogP contribution in [0.3, 0.4) is 0 Å². The molecule has 2 heterocycles. The van der Waals surface area contributed by atoms with E-state index in [9.17, 15) is 0 Å². The van der Waals surface area contributed by atoms with Crippen molar-refractivity contribution in [1.29, 1.82) is 0 Å². The van der Waals surface area contributed by atoms with Crippen LogP contribution in [0.5, 0.6) is 0 Å². The highest BCUT2D eigenvalue weighted by Crippen LogP contribution is 2.23. The Balaban J connectivity index is 2.00. The van der Waals surface area contributed by atoms with Crippen molar-refractivity contribution in [3.05, 3.63) is 6.33 Å². The monoisotopic (exact) mass is 184 g/mol. The van der Waals surface area contributed by atoms with Crippen molar-refractivity contribution >= 4 is 16.7 Å². The molecule has 1 aliphatic rings. The van der Waals surface area contributed by atoms with Crippen molar-refractivity contribution in [2.45, 2.75) is 6.42 Å². The lowest BCUT2D eigenvalue weighted by atomic mass is 10.1. The molecule has 2 rings (SSSR count). The molecule has 1 aliphatic heterocycles. The zero-order valence-electron chi connectivity index (χ0n) is 6.81. The number of hydrogen-bond acceptors (Lipinski definition) is 5. The summed E-state index contributed by atoms with van der Waals surface area (Å²) in [6, 6.07) is 0. The van der Waals surface area contributed by atoms with Gasteiger partial charge >= 0.3 is 0 Å². The van der Waals surface area contributed by atoms with Gasteiger partial charge in [-0.05, 0) is 18.9 Å². The van der Waals surface area contributed by atoms with Gasteiger partial charge in [0, 0.05) is 24.6 Å². The summed E-state index contributed by atoms with van der Waals surface area (Å²) in [5, 5.41) is 1.03. The van der Waals surface area contributed by atoms with Crippen LogP contribution in [-0.2, 0) is 0 Å². The van der Waals surface area contributed by atoms with Gasteiger partial charge in [0.1, 0.15) is 6.33 Å². The lowest BCUT2D eigenvalue weighted by molar-refractivity contribution is 0.602. The summed E-state index contributed by atoms with van der Waals surface area (Å²) in [6.45, 7) is 2.91. The zero-order valence-corrected chi connectivity index (χ0v) is 7.63. The van der Waals surface area contributed by atoms with Crippen LogP contribution < -0.4 is 10.6 Å². The average molecular weight is 184 g/mol. The van der Waals surface area contributed by atoms with Gasteiger partial charge in [0.2, 0.25) is 5.13 Å². The van der Waals surface area contributed by atoms with Gasteiger partial charge in [-0.15, -0.1) is 0 Å². The van der Waals surface area contributed by atoms with Crippen molar-refractivity contribution in [2.24, 2.45) is 11.7 Å². The molecule has 0 aliphatic carbocycles. The summed E-state index contributed by atoms with van der Waals surface area (Å²) < 4.78 is 3.98. The molecule has 1 unspecified atom stereocenters. The fourth-order valence-electron chi connectivity index (χ4n) is 1.51. The summed E-state index contributed by atoms with van der Waals surface area (Å²) in [5.74, 6) is 0.647. The Kier molecular flexibility index (Phi) is 2.23. The van der Waals surface area contributed by atoms with Gasteiger partial charge in [-0.25, -0.2) is 4.98 Å². The Hall–Kier alpha value is -0.680. The summed E-state index contributed by atoms with van der Waals surface area (Å²) in [7, 11) is 0. The molecule has 0 spiro atoms. The summed E-state index contributed by atoms with van der Waals surface area (Å²) in [5.41, 5.74) is 5.59. The Morgan fingerprint density at radius 2 is 2.67 bits per heavy atom. The lowest BCUT2D eigenvalue weighted by Gasteiger charge is -2.12. The predicted molar refractivity (Wildman–Crippen MR) is 49.3 cm³/mol. The van der Waals surface area contributed by atoms with Gasteiger partial charge in [-0.1, -0.05) is 0 Å². The molecule has 0 amide bonds. The summed E-state index contributed by atoms with van der Waals surface area (Å²) in [6.07, 6.45) is 2.80. The Bertz CT molecular complexity index is 236. The molecular formula is C7H12N4S. The largest absolute Gasteiger partial charge is 0.347 e. The molecule has 1 saturated heterocycles. The van der Waals surface area contributed by atoms with Crippen molar-refractivity contribution < 1.29 is 0 Å². The molecule has 12 heavy (non-hydrogen) atoms. The third-order valence-corrected chi connectivity index (χ3v) is 2.97. The van der Waals surface area contributed by atoms with Crippen LogP contribution in [-0.4, -0.2) is 29.0 Å². The predicted octanol–water partition coefficient (Wildman–Crippen LogP) is 0.323. The van der Waals surface area contributed by atoms with E-state index in [0.717, 1.165) is 24.8 Å². The van der Waals surface area contributed by atoms with Crippen molar-refractivity contribution in [2.75, 3.05) is 24.5 Å². The van der Waals surface area contributed by atoms with Crippen molar-refractivity contribution in [3.63, 3.8) is 0 Å². The Morgan fingerprint density at radius 3 is 3.25 bits per heavy atom. The third kappa shape index (κ3) is 1.42. The molecule has 1 fully saturated rings. The molecule has 5 heteroatoms. The SMILES string of the molecule is NCC1CCN(c2ncns2)C1. The first kappa shape index (κ1) is 7.94. The molecular weight excluding hydrogens is 172 g/mol. The zero-order chi connectivity index (χ0) is 8.39. The van der Waals surface area contributed by atoms with Gasteiger partial charge < -0.3 is 10.6 Å². The first-order valence-corrected chi connectivity index (χ1v) is 4.89. The van der Waals surface area contributed by atoms with Gasteiger partial charge in [0.25, 0.3) is 0 Å². The topological polar surface area (TPSA) is 55.0 Å². The number of anilines is 1. The summed E-state index contributed by atoms with van der Waals surface area (Å²) >= 11 is 1.46. The van der Waals surface area contributed by atoms with E-state index in [-0.39, 0.29) is 0 Å². The maximum absolute atomic E-state index is 5.59. The maximum atomic E-state index is 5.59. The molecule has 2 N–H and O–H groups in total. The molecule has 4 nitrogen and oxygen atoms in total. The third-order valence-electron chi connectivity index (χ3n) is 2.24. The maximum Gasteiger partial charge on any atom is 0.204 e. The Morgan fingerprint density at radius 1 is 1.75 bits per heavy atom. The van der Waals surface area contributed by atoms with E-state index in [2.05, 4.69) is 14.3 Å². The van der Waals surface area contributed by atoms with E-state index in [1.807, 2.05) is 0 Å². The Labute approximate surface area is 75.6 Å². The van der Waals surface area contributed by atoms with E-state index in [0.29, 0.717) is 5.92 Å².